The van der Waals surface area contributed by atoms with Crippen LogP contribution in [0.3, 0.4) is 0 Å². The lowest BCUT2D eigenvalue weighted by Crippen LogP contribution is -2.07. The smallest absolute Gasteiger partial charge is 0.141 e. The number of hydrogen-bond acceptors (Lipinski definition) is 1. The molecule has 0 fully saturated rings. The van der Waals surface area contributed by atoms with Crippen molar-refractivity contribution in [1.29, 1.82) is 0 Å². The first kappa shape index (κ1) is 33.1. The molecule has 1 aliphatic rings. The lowest BCUT2D eigenvalue weighted by Gasteiger charge is -2.19. The molecule has 1 unspecified atom stereocenters. The Kier molecular flexibility index (Phi) is 8.00. The summed E-state index contributed by atoms with van der Waals surface area (Å²) >= 11 is 0. The van der Waals surface area contributed by atoms with Gasteiger partial charge in [-0.05, 0) is 132 Å². The summed E-state index contributed by atoms with van der Waals surface area (Å²) in [7, 11) is 0. The highest BCUT2D eigenvalue weighted by molar-refractivity contribution is 6.21. The van der Waals surface area contributed by atoms with E-state index < -0.39 is 0 Å². The first-order valence-corrected chi connectivity index (χ1v) is 19.8. The van der Waals surface area contributed by atoms with E-state index in [9.17, 15) is 0 Å². The van der Waals surface area contributed by atoms with E-state index in [0.717, 1.165) is 12.1 Å². The highest BCUT2D eigenvalue weighted by atomic mass is 15.1. The molecule has 0 saturated carbocycles. The molecule has 2 heteroatoms. The van der Waals surface area contributed by atoms with Crippen molar-refractivity contribution in [1.82, 2.24) is 9.55 Å². The predicted molar refractivity (Wildman–Crippen MR) is 241 cm³/mol. The predicted octanol–water partition coefficient (Wildman–Crippen LogP) is 14.9. The topological polar surface area (TPSA) is 17.8 Å². The van der Waals surface area contributed by atoms with E-state index in [0.29, 0.717) is 0 Å². The Morgan fingerprint density at radius 2 is 0.912 bits per heavy atom. The van der Waals surface area contributed by atoms with Gasteiger partial charge in [0.15, 0.2) is 0 Å². The van der Waals surface area contributed by atoms with Gasteiger partial charge in [0.1, 0.15) is 5.65 Å². The highest BCUT2D eigenvalue weighted by Gasteiger charge is 2.20. The number of pyridine rings is 1. The number of nitrogens with zero attached hydrogens (tertiary/aromatic N) is 2. The Labute approximate surface area is 332 Å². The van der Waals surface area contributed by atoms with Gasteiger partial charge < -0.3 is 4.57 Å². The molecule has 0 amide bonds. The third-order valence-corrected chi connectivity index (χ3v) is 11.7. The second-order valence-electron chi connectivity index (χ2n) is 15.0. The first-order chi connectivity index (χ1) is 28.3. The third kappa shape index (κ3) is 5.69. The zero-order valence-electron chi connectivity index (χ0n) is 31.4. The maximum absolute atomic E-state index is 4.88. The van der Waals surface area contributed by atoms with Gasteiger partial charge in [0.25, 0.3) is 0 Å². The van der Waals surface area contributed by atoms with Crippen molar-refractivity contribution in [2.45, 2.75) is 12.5 Å². The van der Waals surface area contributed by atoms with Crippen LogP contribution in [0.1, 0.15) is 12.5 Å². The summed E-state index contributed by atoms with van der Waals surface area (Å²) in [4.78, 5) is 4.88. The van der Waals surface area contributed by atoms with Gasteiger partial charge in [-0.15, -0.1) is 0 Å². The number of allylic oxidation sites excluding steroid dienone is 4. The molecule has 0 aliphatic heterocycles. The lowest BCUT2D eigenvalue weighted by molar-refractivity contribution is 0.643. The number of hydrogen-bond donors (Lipinski definition) is 0. The fourth-order valence-electron chi connectivity index (χ4n) is 9.12. The van der Waals surface area contributed by atoms with Gasteiger partial charge in [0.05, 0.1) is 11.6 Å². The van der Waals surface area contributed by atoms with Crippen LogP contribution in [0.4, 0.5) is 0 Å². The van der Waals surface area contributed by atoms with Crippen LogP contribution in [0.5, 0.6) is 0 Å². The van der Waals surface area contributed by atoms with Gasteiger partial charge in [-0.1, -0.05) is 158 Å². The maximum Gasteiger partial charge on any atom is 0.141 e. The number of rotatable bonds is 6. The van der Waals surface area contributed by atoms with Crippen molar-refractivity contribution in [3.63, 3.8) is 0 Å². The fraction of sp³-hybridized carbons (Fsp3) is 0.0364. The van der Waals surface area contributed by atoms with Crippen LogP contribution in [0.25, 0.3) is 99.1 Å². The summed E-state index contributed by atoms with van der Waals surface area (Å²) in [6, 6.07) is 67.1. The molecule has 2 heterocycles. The van der Waals surface area contributed by atoms with Crippen molar-refractivity contribution in [3.8, 4) is 55.6 Å². The van der Waals surface area contributed by atoms with E-state index in [2.05, 4.69) is 211 Å². The molecule has 0 saturated heterocycles. The van der Waals surface area contributed by atoms with Crippen molar-refractivity contribution in [2.75, 3.05) is 0 Å². The summed E-state index contributed by atoms with van der Waals surface area (Å²) in [5, 5.41) is 7.44. The zero-order chi connectivity index (χ0) is 37.7. The van der Waals surface area contributed by atoms with Gasteiger partial charge in [-0.2, -0.15) is 0 Å². The number of aromatic nitrogens is 2. The molecule has 0 spiro atoms. The van der Waals surface area contributed by atoms with Gasteiger partial charge in [-0.25, -0.2) is 4.98 Å². The molecule has 268 valence electrons. The summed E-state index contributed by atoms with van der Waals surface area (Å²) in [6.07, 6.45) is 11.7. The van der Waals surface area contributed by atoms with E-state index in [1.165, 1.54) is 93.5 Å². The Morgan fingerprint density at radius 1 is 0.386 bits per heavy atom. The molecule has 0 radical (unpaired) electrons. The van der Waals surface area contributed by atoms with E-state index in [1.807, 2.05) is 6.20 Å². The van der Waals surface area contributed by atoms with Crippen LogP contribution in [-0.2, 0) is 0 Å². The molecule has 10 aromatic rings. The minimum atomic E-state index is 0.244. The second kappa shape index (κ2) is 13.8. The standard InChI is InChI=1S/C55H38N2/c1-4-16-37(17-5-1)42-33-43(35-44(34-42)54-48-26-12-10-24-46(48)53(38-18-6-2-7-19-38)47-25-11-13-27-49(47)54)40-21-14-20-39(32-40)41-29-30-52-51(36-41)50-28-15-31-56-55(50)57(52)45-22-8-3-9-23-45/h1-22,24-36,45H,23H2. The second-order valence-corrected chi connectivity index (χ2v) is 15.0. The molecule has 2 nitrogen and oxygen atoms in total. The van der Waals surface area contributed by atoms with Crippen molar-refractivity contribution in [2.24, 2.45) is 0 Å². The molecule has 11 rings (SSSR count). The van der Waals surface area contributed by atoms with Crippen LogP contribution in [-0.4, -0.2) is 9.55 Å². The molecule has 57 heavy (non-hydrogen) atoms. The Bertz CT molecular complexity index is 3150. The molecule has 2 aromatic heterocycles. The van der Waals surface area contributed by atoms with Crippen LogP contribution >= 0.6 is 0 Å². The largest absolute Gasteiger partial charge is 0.318 e. The zero-order valence-corrected chi connectivity index (χ0v) is 31.4. The minimum Gasteiger partial charge on any atom is -0.318 e. The molecule has 1 aliphatic carbocycles. The Balaban J connectivity index is 1.10. The SMILES string of the molecule is C1=CCC(n2c3ccc(-c4cccc(-c5cc(-c6ccccc6)cc(-c6c7ccccc7c(-c7ccccc7)c7ccccc67)c5)c4)cc3c3cccnc32)C=C1. The first-order valence-electron chi connectivity index (χ1n) is 19.8. The number of fused-ring (bicyclic) bond motifs is 5. The third-order valence-electron chi connectivity index (χ3n) is 11.7. The highest BCUT2D eigenvalue weighted by Crippen LogP contribution is 2.45. The molecular weight excluding hydrogens is 689 g/mol. The maximum atomic E-state index is 4.88. The molecule has 1 atom stereocenters. The molecular formula is C55H38N2. The van der Waals surface area contributed by atoms with E-state index >= 15 is 0 Å². The van der Waals surface area contributed by atoms with E-state index in [4.69, 9.17) is 4.98 Å². The number of benzene rings is 8. The summed E-state index contributed by atoms with van der Waals surface area (Å²) in [6.45, 7) is 0. The van der Waals surface area contributed by atoms with E-state index in [1.54, 1.807) is 0 Å². The minimum absolute atomic E-state index is 0.244. The van der Waals surface area contributed by atoms with Gasteiger partial charge >= 0.3 is 0 Å². The molecule has 0 N–H and O–H groups in total. The van der Waals surface area contributed by atoms with Crippen molar-refractivity contribution in [3.05, 3.63) is 212 Å². The Morgan fingerprint density at radius 3 is 1.58 bits per heavy atom. The van der Waals surface area contributed by atoms with Crippen LogP contribution in [0.15, 0.2) is 212 Å². The summed E-state index contributed by atoms with van der Waals surface area (Å²) in [5.41, 5.74) is 14.4. The summed E-state index contributed by atoms with van der Waals surface area (Å²) in [5.74, 6) is 0. The van der Waals surface area contributed by atoms with Crippen molar-refractivity contribution < 1.29 is 0 Å². The fourth-order valence-corrected chi connectivity index (χ4v) is 9.12. The Hall–Kier alpha value is -7.29. The lowest BCUT2D eigenvalue weighted by atomic mass is 9.84. The average Bonchev–Trinajstić information content (AvgIpc) is 3.62. The van der Waals surface area contributed by atoms with Crippen molar-refractivity contribution >= 4 is 43.5 Å². The van der Waals surface area contributed by atoms with Gasteiger partial charge in [-0.3, -0.25) is 0 Å². The average molecular weight is 727 g/mol. The monoisotopic (exact) mass is 726 g/mol. The van der Waals surface area contributed by atoms with Crippen LogP contribution < -0.4 is 0 Å². The van der Waals surface area contributed by atoms with Crippen LogP contribution in [0, 0.1) is 0 Å². The quantitative estimate of drug-likeness (QED) is 0.156. The molecule has 8 aromatic carbocycles. The summed E-state index contributed by atoms with van der Waals surface area (Å²) < 4.78 is 2.40. The molecule has 0 bridgehead atoms. The van der Waals surface area contributed by atoms with Gasteiger partial charge in [0, 0.05) is 17.0 Å². The van der Waals surface area contributed by atoms with Gasteiger partial charge in [0.2, 0.25) is 0 Å². The van der Waals surface area contributed by atoms with E-state index in [-0.39, 0.29) is 6.04 Å². The normalized spacial score (nSPS) is 13.9. The van der Waals surface area contributed by atoms with Crippen LogP contribution in [0.2, 0.25) is 0 Å².